The van der Waals surface area contributed by atoms with E-state index in [1.165, 1.54) is 33.6 Å². The largest absolute Gasteiger partial charge is 0.491 e. The molecular weight excluding hydrogens is 923 g/mol. The molecule has 68 heavy (non-hydrogen) atoms. The highest BCUT2D eigenvalue weighted by atomic mass is 35.5. The first-order valence-corrected chi connectivity index (χ1v) is 22.7. The molecule has 24 heteroatoms. The summed E-state index contributed by atoms with van der Waals surface area (Å²) in [6.45, 7) is 11.1. The average Bonchev–Trinajstić information content (AvgIpc) is 4.03. The summed E-state index contributed by atoms with van der Waals surface area (Å²) in [5.41, 5.74) is 14.5. The number of hydrogen-bond acceptors (Lipinski definition) is 13. The second kappa shape index (κ2) is 20.1. The van der Waals surface area contributed by atoms with Crippen LogP contribution in [-0.2, 0) is 29.2 Å². The van der Waals surface area contributed by atoms with E-state index in [9.17, 15) is 24.0 Å². The number of halogens is 2. The van der Waals surface area contributed by atoms with Gasteiger partial charge in [0.1, 0.15) is 40.5 Å². The summed E-state index contributed by atoms with van der Waals surface area (Å²) >= 11 is 13.2. The van der Waals surface area contributed by atoms with Crippen molar-refractivity contribution in [2.75, 3.05) is 63.2 Å². The van der Waals surface area contributed by atoms with Gasteiger partial charge in [0.2, 0.25) is 29.6 Å². The Morgan fingerprint density at radius 2 is 1.43 bits per heavy atom. The molecule has 7 N–H and O–H groups in total. The van der Waals surface area contributed by atoms with E-state index >= 15 is 0 Å². The van der Waals surface area contributed by atoms with Gasteiger partial charge in [-0.1, -0.05) is 35.4 Å². The summed E-state index contributed by atoms with van der Waals surface area (Å²) < 4.78 is 24.3. The van der Waals surface area contributed by atoms with Crippen LogP contribution < -0.4 is 36.9 Å². The van der Waals surface area contributed by atoms with Crippen molar-refractivity contribution in [3.63, 3.8) is 0 Å². The molecule has 1 fully saturated rings. The lowest BCUT2D eigenvalue weighted by Gasteiger charge is -2.25. The Hall–Kier alpha value is -7.01. The Labute approximate surface area is 398 Å². The molecule has 0 spiro atoms. The van der Waals surface area contributed by atoms with E-state index in [0.29, 0.717) is 86.0 Å². The van der Waals surface area contributed by atoms with Crippen molar-refractivity contribution in [2.45, 2.75) is 59.8 Å². The molecule has 0 aliphatic carbocycles. The molecule has 0 radical (unpaired) electrons. The zero-order chi connectivity index (χ0) is 48.4. The maximum atomic E-state index is 14.0. The van der Waals surface area contributed by atoms with Crippen molar-refractivity contribution in [1.29, 1.82) is 0 Å². The lowest BCUT2D eigenvalue weighted by atomic mass is 10.1. The van der Waals surface area contributed by atoms with Crippen LogP contribution in [-0.4, -0.2) is 126 Å². The predicted octanol–water partition coefficient (Wildman–Crippen LogP) is 3.85. The summed E-state index contributed by atoms with van der Waals surface area (Å²) in [5, 5.41) is 17.9. The number of allylic oxidation sites excluding steroid dienone is 1. The number of rotatable bonds is 18. The van der Waals surface area contributed by atoms with Crippen molar-refractivity contribution in [3.05, 3.63) is 80.4 Å². The number of hydrogen-bond donors (Lipinski definition) is 5. The van der Waals surface area contributed by atoms with Crippen LogP contribution in [0.1, 0.15) is 79.4 Å². The highest BCUT2D eigenvalue weighted by molar-refractivity contribution is 6.35. The lowest BCUT2D eigenvalue weighted by Crippen LogP contribution is -2.43. The standard InChI is InChI=1S/C44H50Cl2N14O8/c1-5-58-37(33(45)23(3)54-58)41(64)52-43-50-28-17-25(39(47)62)19-30(67-14-8-10-49-32(61)21-56-12-15-66-16-13-56)35(28)57(43)11-7-9-27-22-68-31-20-26(40(48)63)18-29-36(31)60(27)44(51-29)53-42(65)38-34(46)24(4)55-59(38)6-2/h7,9,17-20,27H,5-6,8,10-16,21-22H2,1-4H3,(H2,47,62)(H2,48,63)(H,49,61)(H,50,52,64)(H,51,53,65)/b9-7+/t27-/m0/s1. The molecule has 1 saturated heterocycles. The van der Waals surface area contributed by atoms with Crippen molar-refractivity contribution in [3.8, 4) is 11.5 Å². The Morgan fingerprint density at radius 3 is 2.04 bits per heavy atom. The van der Waals surface area contributed by atoms with Crippen molar-refractivity contribution >= 4 is 86.7 Å². The Kier molecular flexibility index (Phi) is 14.0. The van der Waals surface area contributed by atoms with Gasteiger partial charge in [-0.2, -0.15) is 10.2 Å². The Morgan fingerprint density at radius 1 is 0.838 bits per heavy atom. The summed E-state index contributed by atoms with van der Waals surface area (Å²) in [7, 11) is 0. The highest BCUT2D eigenvalue weighted by Gasteiger charge is 2.30. The van der Waals surface area contributed by atoms with E-state index in [4.69, 9.17) is 58.8 Å². The second-order valence-corrected chi connectivity index (χ2v) is 16.8. The van der Waals surface area contributed by atoms with E-state index in [1.807, 2.05) is 24.8 Å². The van der Waals surface area contributed by atoms with Gasteiger partial charge in [-0.25, -0.2) is 9.97 Å². The molecule has 22 nitrogen and oxygen atoms in total. The molecule has 0 bridgehead atoms. The number of benzene rings is 2. The van der Waals surface area contributed by atoms with Gasteiger partial charge in [-0.05, 0) is 58.4 Å². The summed E-state index contributed by atoms with van der Waals surface area (Å²) in [4.78, 5) is 77.0. The van der Waals surface area contributed by atoms with Crippen LogP contribution in [0.4, 0.5) is 11.9 Å². The smallest absolute Gasteiger partial charge is 0.277 e. The normalized spacial score (nSPS) is 14.9. The molecule has 6 aromatic rings. The number of carbonyl (C=O) groups is 5. The molecule has 2 aromatic carbocycles. The molecule has 5 amide bonds. The van der Waals surface area contributed by atoms with Crippen LogP contribution in [0, 0.1) is 13.8 Å². The summed E-state index contributed by atoms with van der Waals surface area (Å²) in [6, 6.07) is 5.44. The van der Waals surface area contributed by atoms with E-state index in [1.54, 1.807) is 29.1 Å². The molecule has 0 unspecified atom stereocenters. The van der Waals surface area contributed by atoms with E-state index in [2.05, 4.69) is 26.1 Å². The SMILES string of the molecule is CCn1nc(C)c(Cl)c1C(=O)Nc1nc2cc(C(N)=O)cc(OCCCNC(=O)CN3CCOCC3)c2n1C/C=C/[C@H]1COc2cc(C(N)=O)cc3nc(NC(=O)c4c(Cl)c(C)nn4CC)n1c23. The van der Waals surface area contributed by atoms with Crippen LogP contribution in [0.25, 0.3) is 22.1 Å². The van der Waals surface area contributed by atoms with Crippen LogP contribution in [0.5, 0.6) is 11.5 Å². The van der Waals surface area contributed by atoms with E-state index in [-0.39, 0.29) is 87.9 Å². The number of ether oxygens (including phenoxy) is 3. The maximum Gasteiger partial charge on any atom is 0.277 e. The molecule has 0 saturated carbocycles. The number of amides is 5. The van der Waals surface area contributed by atoms with Crippen LogP contribution >= 0.6 is 23.2 Å². The minimum absolute atomic E-state index is 0.0409. The Bertz CT molecular complexity index is 3000. The minimum Gasteiger partial charge on any atom is -0.491 e. The molecule has 358 valence electrons. The fraction of sp³-hybridized carbons (Fsp3) is 0.386. The number of carbonyl (C=O) groups excluding carboxylic acids is 5. The fourth-order valence-electron chi connectivity index (χ4n) is 8.16. The molecule has 1 atom stereocenters. The van der Waals surface area contributed by atoms with Crippen LogP contribution in [0.3, 0.4) is 0 Å². The van der Waals surface area contributed by atoms with Gasteiger partial charge >= 0.3 is 0 Å². The zero-order valence-electron chi connectivity index (χ0n) is 37.7. The van der Waals surface area contributed by atoms with Gasteiger partial charge < -0.3 is 35.6 Å². The quantitative estimate of drug-likeness (QED) is 0.0606. The maximum absolute atomic E-state index is 14.0. The third kappa shape index (κ3) is 9.57. The summed E-state index contributed by atoms with van der Waals surface area (Å²) in [6.07, 6.45) is 4.06. The number of nitrogens with one attached hydrogen (secondary N) is 3. The van der Waals surface area contributed by atoms with E-state index < -0.39 is 29.7 Å². The topological polar surface area (TPSA) is 276 Å². The number of primary amides is 2. The number of morpholine rings is 1. The molecule has 8 rings (SSSR count). The number of aromatic nitrogens is 8. The molecular formula is C44H50Cl2N14O8. The zero-order valence-corrected chi connectivity index (χ0v) is 39.2. The number of fused-ring (bicyclic) bond motifs is 1. The van der Waals surface area contributed by atoms with Crippen LogP contribution in [0.15, 0.2) is 36.4 Å². The molecule has 6 heterocycles. The monoisotopic (exact) mass is 972 g/mol. The molecule has 2 aliphatic heterocycles. The second-order valence-electron chi connectivity index (χ2n) is 16.0. The van der Waals surface area contributed by atoms with Gasteiger partial charge in [0, 0.05) is 50.4 Å². The van der Waals surface area contributed by atoms with Crippen LogP contribution in [0.2, 0.25) is 10.0 Å². The number of nitrogens with two attached hydrogens (primary N) is 2. The molecule has 4 aromatic heterocycles. The lowest BCUT2D eigenvalue weighted by molar-refractivity contribution is -0.123. The van der Waals surface area contributed by atoms with Gasteiger partial charge in [-0.15, -0.1) is 0 Å². The van der Waals surface area contributed by atoms with Gasteiger partial charge in [0.15, 0.2) is 0 Å². The van der Waals surface area contributed by atoms with E-state index in [0.717, 1.165) is 0 Å². The van der Waals surface area contributed by atoms with Crippen molar-refractivity contribution in [1.82, 2.24) is 48.9 Å². The fourth-order valence-corrected chi connectivity index (χ4v) is 8.60. The van der Waals surface area contributed by atoms with Gasteiger partial charge in [0.25, 0.3) is 11.8 Å². The number of anilines is 2. The minimum atomic E-state index is -0.729. The average molecular weight is 974 g/mol. The first-order chi connectivity index (χ1) is 32.7. The number of aryl methyl sites for hydroxylation is 4. The number of imidazole rings is 2. The summed E-state index contributed by atoms with van der Waals surface area (Å²) in [5.74, 6) is -1.89. The van der Waals surface area contributed by atoms with Gasteiger partial charge in [-0.3, -0.25) is 53.4 Å². The van der Waals surface area contributed by atoms with Crippen molar-refractivity contribution in [2.24, 2.45) is 11.5 Å². The third-order valence-electron chi connectivity index (χ3n) is 11.5. The van der Waals surface area contributed by atoms with Gasteiger partial charge in [0.05, 0.1) is 64.9 Å². The first kappa shape index (κ1) is 47.5. The third-order valence-corrected chi connectivity index (χ3v) is 12.4. The number of nitrogens with zero attached hydrogens (tertiary/aromatic N) is 9. The molecule has 2 aliphatic rings. The first-order valence-electron chi connectivity index (χ1n) is 21.9. The predicted molar refractivity (Wildman–Crippen MR) is 252 cm³/mol. The highest BCUT2D eigenvalue weighted by Crippen LogP contribution is 2.38. The Balaban J connectivity index is 1.13. The van der Waals surface area contributed by atoms with Crippen molar-refractivity contribution < 1.29 is 38.2 Å².